The van der Waals surface area contributed by atoms with Gasteiger partial charge in [0.05, 0.1) is 32.0 Å². The van der Waals surface area contributed by atoms with Gasteiger partial charge in [0.2, 0.25) is 0 Å². The number of halogens is 3. The van der Waals surface area contributed by atoms with Crippen molar-refractivity contribution in [1.82, 2.24) is 9.80 Å². The Morgan fingerprint density at radius 3 is 2.42 bits per heavy atom. The number of nitrogens with zero attached hydrogens (tertiary/aromatic N) is 2. The van der Waals surface area contributed by atoms with E-state index in [4.69, 9.17) is 23.8 Å². The first-order valence-corrected chi connectivity index (χ1v) is 10.1. The molecule has 4 rings (SSSR count). The standard InChI is InChI=1S/C18H26N2O4.C2HF3O2/c1-13-7-16(14(2)24-13)17(21)20-8-15-9-23-12-18(15,11-20)10-19-3-5-22-6-4-19;3-2(4,5)1(6)7/h7,15H,3-6,8-12H2,1-2H3;(H,6,7)/t15-,18+;/m1./s1. The third-order valence-corrected chi connectivity index (χ3v) is 5.96. The summed E-state index contributed by atoms with van der Waals surface area (Å²) in [5.74, 6) is -0.722. The second-order valence-electron chi connectivity index (χ2n) is 8.28. The number of carboxylic acid groups (broad SMARTS) is 1. The Morgan fingerprint density at radius 2 is 1.87 bits per heavy atom. The highest BCUT2D eigenvalue weighted by Gasteiger charge is 2.52. The van der Waals surface area contributed by atoms with E-state index in [2.05, 4.69) is 4.90 Å². The number of alkyl halides is 3. The van der Waals surface area contributed by atoms with E-state index in [1.54, 1.807) is 0 Å². The third kappa shape index (κ3) is 5.39. The van der Waals surface area contributed by atoms with Crippen molar-refractivity contribution in [1.29, 1.82) is 0 Å². The van der Waals surface area contributed by atoms with Crippen LogP contribution in [0.15, 0.2) is 10.5 Å². The highest BCUT2D eigenvalue weighted by Crippen LogP contribution is 2.42. The number of hydrogen-bond donors (Lipinski definition) is 1. The Kier molecular flexibility index (Phi) is 6.97. The topological polar surface area (TPSA) is 92.5 Å². The molecule has 0 spiro atoms. The first-order valence-electron chi connectivity index (χ1n) is 10.1. The van der Waals surface area contributed by atoms with Gasteiger partial charge >= 0.3 is 12.1 Å². The van der Waals surface area contributed by atoms with Gasteiger partial charge in [0.1, 0.15) is 11.5 Å². The molecule has 4 heterocycles. The van der Waals surface area contributed by atoms with Gasteiger partial charge in [-0.3, -0.25) is 9.69 Å². The summed E-state index contributed by atoms with van der Waals surface area (Å²) in [5, 5.41) is 7.12. The molecule has 3 saturated heterocycles. The van der Waals surface area contributed by atoms with Crippen molar-refractivity contribution >= 4 is 11.9 Å². The van der Waals surface area contributed by atoms with Gasteiger partial charge in [0, 0.05) is 44.1 Å². The number of aliphatic carboxylic acids is 1. The number of morpholine rings is 1. The van der Waals surface area contributed by atoms with Crippen molar-refractivity contribution in [3.8, 4) is 0 Å². The summed E-state index contributed by atoms with van der Waals surface area (Å²) < 4.78 is 48.5. The number of amides is 1. The molecule has 1 aromatic rings. The Hall–Kier alpha value is -2.11. The molecule has 174 valence electrons. The minimum absolute atomic E-state index is 0.0691. The second-order valence-corrected chi connectivity index (χ2v) is 8.28. The van der Waals surface area contributed by atoms with Crippen LogP contribution in [-0.2, 0) is 14.3 Å². The Balaban J connectivity index is 0.000000339. The molecule has 8 nitrogen and oxygen atoms in total. The van der Waals surface area contributed by atoms with Gasteiger partial charge in [-0.2, -0.15) is 13.2 Å². The number of hydrogen-bond acceptors (Lipinski definition) is 6. The monoisotopic (exact) mass is 448 g/mol. The molecule has 0 saturated carbocycles. The zero-order valence-electron chi connectivity index (χ0n) is 17.5. The van der Waals surface area contributed by atoms with Crippen LogP contribution in [0.5, 0.6) is 0 Å². The molecule has 0 aromatic carbocycles. The van der Waals surface area contributed by atoms with Crippen molar-refractivity contribution < 1.29 is 41.8 Å². The number of rotatable bonds is 3. The van der Waals surface area contributed by atoms with E-state index >= 15 is 0 Å². The van der Waals surface area contributed by atoms with Crippen LogP contribution < -0.4 is 0 Å². The lowest BCUT2D eigenvalue weighted by molar-refractivity contribution is -0.192. The van der Waals surface area contributed by atoms with Crippen molar-refractivity contribution in [3.63, 3.8) is 0 Å². The summed E-state index contributed by atoms with van der Waals surface area (Å²) in [6.45, 7) is 11.4. The maximum Gasteiger partial charge on any atom is 0.490 e. The predicted molar refractivity (Wildman–Crippen MR) is 102 cm³/mol. The molecule has 1 aromatic heterocycles. The molecular formula is C20H27F3N2O6. The summed E-state index contributed by atoms with van der Waals surface area (Å²) in [6.07, 6.45) is -5.08. The molecule has 3 aliphatic heterocycles. The molecule has 0 aliphatic carbocycles. The summed E-state index contributed by atoms with van der Waals surface area (Å²) in [4.78, 5) is 26.3. The quantitative estimate of drug-likeness (QED) is 0.756. The maximum atomic E-state index is 12.9. The fourth-order valence-electron chi connectivity index (χ4n) is 4.43. The molecule has 0 bridgehead atoms. The molecule has 3 fully saturated rings. The van der Waals surface area contributed by atoms with Crippen LogP contribution >= 0.6 is 0 Å². The summed E-state index contributed by atoms with van der Waals surface area (Å²) >= 11 is 0. The Morgan fingerprint density at radius 1 is 1.23 bits per heavy atom. The van der Waals surface area contributed by atoms with Gasteiger partial charge < -0.3 is 23.9 Å². The highest BCUT2D eigenvalue weighted by atomic mass is 19.4. The normalized spacial score (nSPS) is 26.4. The number of carbonyl (C=O) groups excluding carboxylic acids is 1. The summed E-state index contributed by atoms with van der Waals surface area (Å²) in [6, 6.07) is 1.86. The van der Waals surface area contributed by atoms with Crippen LogP contribution in [0.3, 0.4) is 0 Å². The number of fused-ring (bicyclic) bond motifs is 1. The highest BCUT2D eigenvalue weighted by molar-refractivity contribution is 5.95. The van der Waals surface area contributed by atoms with Crippen LogP contribution in [0.4, 0.5) is 13.2 Å². The van der Waals surface area contributed by atoms with E-state index in [-0.39, 0.29) is 11.3 Å². The summed E-state index contributed by atoms with van der Waals surface area (Å²) in [5.41, 5.74) is 0.773. The minimum Gasteiger partial charge on any atom is -0.475 e. The number of likely N-dealkylation sites (tertiary alicyclic amines) is 1. The minimum atomic E-state index is -5.08. The number of carboxylic acids is 1. The van der Waals surface area contributed by atoms with Crippen molar-refractivity contribution in [3.05, 3.63) is 23.2 Å². The first kappa shape index (κ1) is 23.6. The molecule has 0 unspecified atom stereocenters. The lowest BCUT2D eigenvalue weighted by Gasteiger charge is -2.36. The van der Waals surface area contributed by atoms with E-state index in [0.717, 1.165) is 64.9 Å². The Labute approximate surface area is 177 Å². The van der Waals surface area contributed by atoms with E-state index in [1.165, 1.54) is 0 Å². The number of aryl methyl sites for hydroxylation is 2. The third-order valence-electron chi connectivity index (χ3n) is 5.96. The van der Waals surface area contributed by atoms with E-state index in [9.17, 15) is 18.0 Å². The van der Waals surface area contributed by atoms with E-state index in [1.807, 2.05) is 24.8 Å². The predicted octanol–water partition coefficient (Wildman–Crippen LogP) is 1.95. The number of ether oxygens (including phenoxy) is 2. The molecule has 2 atom stereocenters. The van der Waals surface area contributed by atoms with Gasteiger partial charge in [-0.25, -0.2) is 4.79 Å². The van der Waals surface area contributed by atoms with Crippen molar-refractivity contribution in [2.75, 3.05) is 59.2 Å². The lowest BCUT2D eigenvalue weighted by atomic mass is 9.80. The fraction of sp³-hybridized carbons (Fsp3) is 0.700. The lowest BCUT2D eigenvalue weighted by Crippen LogP contribution is -2.47. The largest absolute Gasteiger partial charge is 0.490 e. The Bertz CT molecular complexity index is 805. The van der Waals surface area contributed by atoms with Gasteiger partial charge in [-0.05, 0) is 19.9 Å². The molecule has 31 heavy (non-hydrogen) atoms. The fourth-order valence-corrected chi connectivity index (χ4v) is 4.43. The average molecular weight is 448 g/mol. The molecule has 11 heteroatoms. The van der Waals surface area contributed by atoms with Crippen molar-refractivity contribution in [2.45, 2.75) is 20.0 Å². The zero-order chi connectivity index (χ0) is 22.8. The van der Waals surface area contributed by atoms with Gasteiger partial charge in [-0.15, -0.1) is 0 Å². The van der Waals surface area contributed by atoms with Gasteiger partial charge in [0.15, 0.2) is 0 Å². The number of furan rings is 1. The summed E-state index contributed by atoms with van der Waals surface area (Å²) in [7, 11) is 0. The molecule has 0 radical (unpaired) electrons. The molecule has 1 N–H and O–H groups in total. The van der Waals surface area contributed by atoms with Crippen LogP contribution in [0.25, 0.3) is 0 Å². The van der Waals surface area contributed by atoms with Crippen LogP contribution in [0.1, 0.15) is 21.9 Å². The maximum absolute atomic E-state index is 12.9. The second kappa shape index (κ2) is 9.17. The average Bonchev–Trinajstić information content (AvgIpc) is 3.33. The number of carbonyl (C=O) groups is 2. The molecule has 1 amide bonds. The smallest absolute Gasteiger partial charge is 0.475 e. The van der Waals surface area contributed by atoms with E-state index < -0.39 is 12.1 Å². The van der Waals surface area contributed by atoms with E-state index in [0.29, 0.717) is 17.2 Å². The molecular weight excluding hydrogens is 421 g/mol. The van der Waals surface area contributed by atoms with Crippen LogP contribution in [-0.4, -0.2) is 92.1 Å². The zero-order valence-corrected chi connectivity index (χ0v) is 17.5. The SMILES string of the molecule is Cc1cc(C(=O)N2C[C@@H]3COC[C@]3(CN3CCOCC3)C2)c(C)o1.O=C(O)C(F)(F)F. The van der Waals surface area contributed by atoms with Crippen LogP contribution in [0.2, 0.25) is 0 Å². The van der Waals surface area contributed by atoms with Crippen molar-refractivity contribution in [2.24, 2.45) is 11.3 Å². The van der Waals surface area contributed by atoms with Crippen LogP contribution in [0, 0.1) is 25.2 Å². The molecule has 3 aliphatic rings. The first-order chi connectivity index (χ1) is 14.5. The van der Waals surface area contributed by atoms with Gasteiger partial charge in [-0.1, -0.05) is 0 Å². The van der Waals surface area contributed by atoms with Gasteiger partial charge in [0.25, 0.3) is 5.91 Å².